The van der Waals surface area contributed by atoms with Crippen LogP contribution in [0.25, 0.3) is 0 Å². The molecule has 0 aliphatic heterocycles. The molecule has 1 saturated carbocycles. The lowest BCUT2D eigenvalue weighted by Gasteiger charge is -2.40. The SMILES string of the molecule is CNC(=O)C(C)(C)CC(C)(C)C1CCCCCCC1. The maximum atomic E-state index is 12.0. The highest BCUT2D eigenvalue weighted by Gasteiger charge is 2.38. The van der Waals surface area contributed by atoms with Gasteiger partial charge in [-0.25, -0.2) is 0 Å². The van der Waals surface area contributed by atoms with E-state index in [1.54, 1.807) is 7.05 Å². The molecule has 1 fully saturated rings. The molecular formula is C17H33NO. The number of amides is 1. The summed E-state index contributed by atoms with van der Waals surface area (Å²) in [6.07, 6.45) is 10.6. The second-order valence-electron chi connectivity index (χ2n) is 7.67. The van der Waals surface area contributed by atoms with Gasteiger partial charge in [-0.3, -0.25) is 4.79 Å². The van der Waals surface area contributed by atoms with Crippen molar-refractivity contribution in [2.24, 2.45) is 16.7 Å². The Hall–Kier alpha value is -0.530. The van der Waals surface area contributed by atoms with Crippen LogP contribution in [0.2, 0.25) is 0 Å². The van der Waals surface area contributed by atoms with E-state index in [2.05, 4.69) is 33.0 Å². The van der Waals surface area contributed by atoms with Crippen molar-refractivity contribution in [1.29, 1.82) is 0 Å². The summed E-state index contributed by atoms with van der Waals surface area (Å²) in [4.78, 5) is 12.0. The highest BCUT2D eigenvalue weighted by molar-refractivity contribution is 5.81. The molecule has 0 radical (unpaired) electrons. The maximum absolute atomic E-state index is 12.0. The van der Waals surface area contributed by atoms with Crippen molar-refractivity contribution < 1.29 is 4.79 Å². The van der Waals surface area contributed by atoms with Crippen molar-refractivity contribution >= 4 is 5.91 Å². The van der Waals surface area contributed by atoms with E-state index in [0.29, 0.717) is 0 Å². The summed E-state index contributed by atoms with van der Waals surface area (Å²) in [7, 11) is 1.74. The molecule has 1 aliphatic carbocycles. The van der Waals surface area contributed by atoms with Gasteiger partial charge in [-0.05, 0) is 30.6 Å². The molecule has 2 heteroatoms. The van der Waals surface area contributed by atoms with Crippen LogP contribution in [-0.2, 0) is 4.79 Å². The van der Waals surface area contributed by atoms with E-state index in [1.165, 1.54) is 44.9 Å². The summed E-state index contributed by atoms with van der Waals surface area (Å²) in [6, 6.07) is 0. The smallest absolute Gasteiger partial charge is 0.225 e. The molecule has 1 rings (SSSR count). The fraction of sp³-hybridized carbons (Fsp3) is 0.941. The molecule has 0 aromatic heterocycles. The summed E-state index contributed by atoms with van der Waals surface area (Å²) in [6.45, 7) is 8.89. The van der Waals surface area contributed by atoms with Gasteiger partial charge in [0.15, 0.2) is 0 Å². The maximum Gasteiger partial charge on any atom is 0.225 e. The van der Waals surface area contributed by atoms with Gasteiger partial charge in [-0.2, -0.15) is 0 Å². The van der Waals surface area contributed by atoms with Crippen LogP contribution < -0.4 is 5.32 Å². The summed E-state index contributed by atoms with van der Waals surface area (Å²) in [5.74, 6) is 0.947. The van der Waals surface area contributed by atoms with Gasteiger partial charge in [0.25, 0.3) is 0 Å². The minimum atomic E-state index is -0.263. The zero-order chi connectivity index (χ0) is 14.5. The first-order valence-corrected chi connectivity index (χ1v) is 8.02. The third-order valence-corrected chi connectivity index (χ3v) is 4.95. The van der Waals surface area contributed by atoms with E-state index in [0.717, 1.165) is 12.3 Å². The molecule has 1 aliphatic rings. The summed E-state index contributed by atoms with van der Waals surface area (Å²) < 4.78 is 0. The Morgan fingerprint density at radius 1 is 1.00 bits per heavy atom. The molecule has 0 bridgehead atoms. The monoisotopic (exact) mass is 267 g/mol. The Labute approximate surface area is 119 Å². The Balaban J connectivity index is 2.69. The largest absolute Gasteiger partial charge is 0.359 e. The lowest BCUT2D eigenvalue weighted by molar-refractivity contribution is -0.131. The normalized spacial score (nSPS) is 19.6. The molecule has 0 aromatic rings. The quantitative estimate of drug-likeness (QED) is 0.796. The van der Waals surface area contributed by atoms with E-state index >= 15 is 0 Å². The molecule has 0 heterocycles. The molecule has 0 spiro atoms. The first kappa shape index (κ1) is 16.5. The van der Waals surface area contributed by atoms with Gasteiger partial charge >= 0.3 is 0 Å². The molecule has 2 nitrogen and oxygen atoms in total. The molecule has 1 N–H and O–H groups in total. The van der Waals surface area contributed by atoms with Crippen LogP contribution in [0.4, 0.5) is 0 Å². The van der Waals surface area contributed by atoms with Gasteiger partial charge in [-0.15, -0.1) is 0 Å². The molecule has 19 heavy (non-hydrogen) atoms. The molecule has 0 atom stereocenters. The summed E-state index contributed by atoms with van der Waals surface area (Å²) in [5, 5.41) is 2.81. The average Bonchev–Trinajstić information content (AvgIpc) is 2.25. The van der Waals surface area contributed by atoms with Crippen LogP contribution in [0.15, 0.2) is 0 Å². The Kier molecular flexibility index (Phi) is 5.88. The van der Waals surface area contributed by atoms with Crippen molar-refractivity contribution in [1.82, 2.24) is 5.32 Å². The molecular weight excluding hydrogens is 234 g/mol. The zero-order valence-corrected chi connectivity index (χ0v) is 13.6. The summed E-state index contributed by atoms with van der Waals surface area (Å²) in [5.41, 5.74) is -0.00599. The highest BCUT2D eigenvalue weighted by atomic mass is 16.2. The Morgan fingerprint density at radius 3 is 1.95 bits per heavy atom. The molecule has 0 saturated heterocycles. The van der Waals surface area contributed by atoms with Gasteiger partial charge in [0.05, 0.1) is 0 Å². The molecule has 0 unspecified atom stereocenters. The van der Waals surface area contributed by atoms with Crippen LogP contribution in [-0.4, -0.2) is 13.0 Å². The molecule has 0 aromatic carbocycles. The third-order valence-electron chi connectivity index (χ3n) is 4.95. The number of hydrogen-bond acceptors (Lipinski definition) is 1. The van der Waals surface area contributed by atoms with Crippen molar-refractivity contribution in [3.8, 4) is 0 Å². The zero-order valence-electron chi connectivity index (χ0n) is 13.6. The standard InChI is InChI=1S/C17H33NO/c1-16(2,13-17(3,4)15(19)18-5)14-11-9-7-6-8-10-12-14/h14H,6-13H2,1-5H3,(H,18,19). The lowest BCUT2D eigenvalue weighted by Crippen LogP contribution is -2.40. The third kappa shape index (κ3) is 4.81. The van der Waals surface area contributed by atoms with E-state index in [1.807, 2.05) is 0 Å². The number of hydrogen-bond donors (Lipinski definition) is 1. The minimum absolute atomic E-state index is 0.173. The second-order valence-corrected chi connectivity index (χ2v) is 7.67. The highest BCUT2D eigenvalue weighted by Crippen LogP contribution is 2.44. The number of rotatable bonds is 4. The van der Waals surface area contributed by atoms with Gasteiger partial charge in [-0.1, -0.05) is 59.8 Å². The fourth-order valence-corrected chi connectivity index (χ4v) is 3.94. The first-order valence-electron chi connectivity index (χ1n) is 8.02. The predicted octanol–water partition coefficient (Wildman–Crippen LogP) is 4.54. The van der Waals surface area contributed by atoms with Gasteiger partial charge in [0.2, 0.25) is 5.91 Å². The van der Waals surface area contributed by atoms with Crippen LogP contribution in [0.1, 0.15) is 79.1 Å². The van der Waals surface area contributed by atoms with Crippen LogP contribution in [0.3, 0.4) is 0 Å². The number of carbonyl (C=O) groups is 1. The molecule has 112 valence electrons. The number of nitrogens with one attached hydrogen (secondary N) is 1. The van der Waals surface area contributed by atoms with Crippen LogP contribution >= 0.6 is 0 Å². The van der Waals surface area contributed by atoms with Crippen molar-refractivity contribution in [3.63, 3.8) is 0 Å². The van der Waals surface area contributed by atoms with Crippen LogP contribution in [0, 0.1) is 16.7 Å². The van der Waals surface area contributed by atoms with Gasteiger partial charge in [0.1, 0.15) is 0 Å². The van der Waals surface area contributed by atoms with Crippen LogP contribution in [0.5, 0.6) is 0 Å². The predicted molar refractivity (Wildman–Crippen MR) is 82.1 cm³/mol. The Bertz CT molecular complexity index is 286. The van der Waals surface area contributed by atoms with Crippen molar-refractivity contribution in [2.45, 2.75) is 79.1 Å². The minimum Gasteiger partial charge on any atom is -0.359 e. The lowest BCUT2D eigenvalue weighted by atomic mass is 9.65. The van der Waals surface area contributed by atoms with E-state index in [9.17, 15) is 4.79 Å². The summed E-state index contributed by atoms with van der Waals surface area (Å²) >= 11 is 0. The van der Waals surface area contributed by atoms with E-state index in [-0.39, 0.29) is 16.7 Å². The average molecular weight is 267 g/mol. The number of carbonyl (C=O) groups excluding carboxylic acids is 1. The topological polar surface area (TPSA) is 29.1 Å². The van der Waals surface area contributed by atoms with E-state index < -0.39 is 0 Å². The Morgan fingerprint density at radius 2 is 1.47 bits per heavy atom. The molecule has 1 amide bonds. The van der Waals surface area contributed by atoms with E-state index in [4.69, 9.17) is 0 Å². The van der Waals surface area contributed by atoms with Gasteiger partial charge < -0.3 is 5.32 Å². The fourth-order valence-electron chi connectivity index (χ4n) is 3.94. The van der Waals surface area contributed by atoms with Crippen molar-refractivity contribution in [2.75, 3.05) is 7.05 Å². The first-order chi connectivity index (χ1) is 8.79. The van der Waals surface area contributed by atoms with Gasteiger partial charge in [0, 0.05) is 12.5 Å². The second kappa shape index (κ2) is 6.76. The van der Waals surface area contributed by atoms with Crippen molar-refractivity contribution in [3.05, 3.63) is 0 Å².